The summed E-state index contributed by atoms with van der Waals surface area (Å²) in [5, 5.41) is 3.53. The van der Waals surface area contributed by atoms with Crippen LogP contribution in [0.15, 0.2) is 47.5 Å². The lowest BCUT2D eigenvalue weighted by atomic mass is 10.0. The highest BCUT2D eigenvalue weighted by molar-refractivity contribution is 7.83. The molecule has 2 heterocycles. The van der Waals surface area contributed by atoms with Crippen molar-refractivity contribution in [3.05, 3.63) is 54.0 Å². The molecular weight excluding hydrogens is 353 g/mol. The van der Waals surface area contributed by atoms with E-state index < -0.39 is 11.0 Å². The van der Waals surface area contributed by atoms with Crippen molar-refractivity contribution in [3.63, 3.8) is 0 Å². The molecule has 0 fully saturated rings. The zero-order valence-corrected chi connectivity index (χ0v) is 15.0. The highest BCUT2D eigenvalue weighted by Gasteiger charge is 2.27. The summed E-state index contributed by atoms with van der Waals surface area (Å²) in [6, 6.07) is 10.5. The number of nitrogens with zero attached hydrogens (tertiary/aromatic N) is 1. The number of hydrogen-bond acceptors (Lipinski definition) is 2. The van der Waals surface area contributed by atoms with Gasteiger partial charge in [-0.05, 0) is 41.5 Å². The molecule has 26 heavy (non-hydrogen) atoms. The van der Waals surface area contributed by atoms with Gasteiger partial charge in [0, 0.05) is 49.2 Å². The summed E-state index contributed by atoms with van der Waals surface area (Å²) >= 11 is 0. The van der Waals surface area contributed by atoms with Gasteiger partial charge in [0.1, 0.15) is 16.8 Å². The number of aromatic nitrogens is 1. The van der Waals surface area contributed by atoms with Gasteiger partial charge in [-0.1, -0.05) is 6.07 Å². The van der Waals surface area contributed by atoms with Crippen LogP contribution in [-0.2, 0) is 22.3 Å². The normalized spacial score (nSPS) is 16.8. The van der Waals surface area contributed by atoms with E-state index in [1.54, 1.807) is 17.4 Å². The monoisotopic (exact) mass is 371 g/mol. The number of aromatic amines is 1. The molecule has 5 nitrogen and oxygen atoms in total. The summed E-state index contributed by atoms with van der Waals surface area (Å²) in [6.45, 7) is 0.992. The summed E-state index contributed by atoms with van der Waals surface area (Å²) in [4.78, 5) is 15.3. The first kappa shape index (κ1) is 16.9. The third-order valence-electron chi connectivity index (χ3n) is 4.65. The summed E-state index contributed by atoms with van der Waals surface area (Å²) in [6.07, 6.45) is 2.18. The topological polar surface area (TPSA) is 65.2 Å². The number of H-pyrrole nitrogens is 1. The van der Waals surface area contributed by atoms with Crippen LogP contribution in [0.3, 0.4) is 0 Å². The number of rotatable bonds is 4. The van der Waals surface area contributed by atoms with E-state index >= 15 is 0 Å². The fourth-order valence-electron chi connectivity index (χ4n) is 3.28. The first-order valence-corrected chi connectivity index (χ1v) is 9.45. The quantitative estimate of drug-likeness (QED) is 0.741. The highest BCUT2D eigenvalue weighted by atomic mass is 32.2. The Bertz CT molecular complexity index is 1030. The zero-order valence-electron chi connectivity index (χ0n) is 14.2. The summed E-state index contributed by atoms with van der Waals surface area (Å²) < 4.78 is 27.8. The number of amides is 1. The Morgan fingerprint density at radius 1 is 1.31 bits per heavy atom. The Balaban J connectivity index is 1.63. The van der Waals surface area contributed by atoms with Crippen molar-refractivity contribution in [2.45, 2.75) is 17.9 Å². The number of halogens is 1. The van der Waals surface area contributed by atoms with Gasteiger partial charge in [-0.2, -0.15) is 0 Å². The lowest BCUT2D eigenvalue weighted by Gasteiger charge is -2.12. The van der Waals surface area contributed by atoms with E-state index in [1.165, 1.54) is 12.1 Å². The summed E-state index contributed by atoms with van der Waals surface area (Å²) in [7, 11) is 0.351. The minimum Gasteiger partial charge on any atom is -0.360 e. The summed E-state index contributed by atoms with van der Waals surface area (Å²) in [5.74, 6) is -0.341. The van der Waals surface area contributed by atoms with Crippen LogP contribution in [0, 0.1) is 5.82 Å². The number of hydrogen-bond donors (Lipinski definition) is 2. The second-order valence-electron chi connectivity index (χ2n) is 6.25. The van der Waals surface area contributed by atoms with Gasteiger partial charge in [-0.25, -0.2) is 12.9 Å². The van der Waals surface area contributed by atoms with Crippen LogP contribution in [0.25, 0.3) is 22.0 Å². The fourth-order valence-corrected chi connectivity index (χ4v) is 4.60. The van der Waals surface area contributed by atoms with Gasteiger partial charge in [-0.3, -0.25) is 4.79 Å². The van der Waals surface area contributed by atoms with Crippen LogP contribution in [0.4, 0.5) is 4.39 Å². The van der Waals surface area contributed by atoms with Crippen molar-refractivity contribution in [2.75, 3.05) is 13.6 Å². The molecule has 4 rings (SSSR count). The maximum atomic E-state index is 13.4. The molecule has 0 aliphatic carbocycles. The first-order chi connectivity index (χ1) is 12.6. The van der Waals surface area contributed by atoms with E-state index in [0.717, 1.165) is 32.5 Å². The molecule has 3 aromatic rings. The van der Waals surface area contributed by atoms with E-state index in [9.17, 15) is 13.4 Å². The molecule has 0 saturated heterocycles. The molecule has 1 aliphatic heterocycles. The van der Waals surface area contributed by atoms with Crippen molar-refractivity contribution in [2.24, 2.45) is 0 Å². The Hall–Kier alpha value is -2.51. The van der Waals surface area contributed by atoms with Gasteiger partial charge in [0.25, 0.3) is 0 Å². The maximum absolute atomic E-state index is 13.4. The van der Waals surface area contributed by atoms with Gasteiger partial charge in [0.15, 0.2) is 0 Å². The van der Waals surface area contributed by atoms with Crippen molar-refractivity contribution >= 4 is 27.8 Å². The molecule has 1 amide bonds. The minimum absolute atomic E-state index is 0.0651. The van der Waals surface area contributed by atoms with Gasteiger partial charge in [0.2, 0.25) is 5.91 Å². The number of carbonyl (C=O) groups excluding carboxylic acids is 1. The van der Waals surface area contributed by atoms with Crippen LogP contribution in [0.2, 0.25) is 0 Å². The number of carbonyl (C=O) groups is 1. The van der Waals surface area contributed by atoms with Crippen molar-refractivity contribution < 1.29 is 13.4 Å². The standard InChI is InChI=1S/C19H18FN3O2S/c1-21-19(24)6-7-23-11-13-8-12(2-5-18(13)26(23)25)16-10-22-17-9-14(20)3-4-15(16)17/h2-5,8-10,22H,6-7,11H2,1H3,(H,21,24). The van der Waals surface area contributed by atoms with Gasteiger partial charge in [0.05, 0.1) is 4.90 Å². The van der Waals surface area contributed by atoms with Gasteiger partial charge < -0.3 is 10.3 Å². The van der Waals surface area contributed by atoms with Crippen molar-refractivity contribution in [1.82, 2.24) is 14.6 Å². The molecule has 0 saturated carbocycles. The van der Waals surface area contributed by atoms with E-state index in [1.807, 2.05) is 24.4 Å². The molecule has 1 unspecified atom stereocenters. The van der Waals surface area contributed by atoms with Crippen molar-refractivity contribution in [3.8, 4) is 11.1 Å². The molecule has 134 valence electrons. The maximum Gasteiger partial charge on any atom is 0.221 e. The van der Waals surface area contributed by atoms with Gasteiger partial charge >= 0.3 is 0 Å². The van der Waals surface area contributed by atoms with Crippen LogP contribution in [-0.4, -0.2) is 33.0 Å². The third-order valence-corrected chi connectivity index (χ3v) is 6.21. The number of fused-ring (bicyclic) bond motifs is 2. The predicted molar refractivity (Wildman–Crippen MR) is 99.2 cm³/mol. The third kappa shape index (κ3) is 2.93. The van der Waals surface area contributed by atoms with Crippen LogP contribution in [0.5, 0.6) is 0 Å². The number of nitrogens with one attached hydrogen (secondary N) is 2. The molecule has 7 heteroatoms. The molecule has 0 spiro atoms. The lowest BCUT2D eigenvalue weighted by Crippen LogP contribution is -2.27. The molecule has 1 aromatic heterocycles. The van der Waals surface area contributed by atoms with Gasteiger partial charge in [-0.15, -0.1) is 0 Å². The molecule has 1 aliphatic rings. The smallest absolute Gasteiger partial charge is 0.221 e. The predicted octanol–water partition coefficient (Wildman–Crippen LogP) is 2.95. The lowest BCUT2D eigenvalue weighted by molar-refractivity contribution is -0.120. The molecule has 2 N–H and O–H groups in total. The zero-order chi connectivity index (χ0) is 18.3. The van der Waals surface area contributed by atoms with Crippen molar-refractivity contribution in [1.29, 1.82) is 0 Å². The average molecular weight is 371 g/mol. The Morgan fingerprint density at radius 2 is 2.15 bits per heavy atom. The highest BCUT2D eigenvalue weighted by Crippen LogP contribution is 2.34. The molecule has 1 atom stereocenters. The summed E-state index contributed by atoms with van der Waals surface area (Å²) in [5.41, 5.74) is 3.72. The fraction of sp³-hybridized carbons (Fsp3) is 0.211. The van der Waals surface area contributed by atoms with Crippen LogP contribution >= 0.6 is 0 Å². The van der Waals surface area contributed by atoms with Crippen LogP contribution in [0.1, 0.15) is 12.0 Å². The first-order valence-electron chi connectivity index (χ1n) is 8.34. The van der Waals surface area contributed by atoms with Crippen LogP contribution < -0.4 is 5.32 Å². The number of benzene rings is 2. The Kier molecular flexibility index (Phi) is 4.34. The molecule has 2 aromatic carbocycles. The van der Waals surface area contributed by atoms with E-state index in [0.29, 0.717) is 19.5 Å². The molecular formula is C19H18FN3O2S. The SMILES string of the molecule is CNC(=O)CCN1Cc2cc(-c3c[nH]c4cc(F)ccc34)ccc2S1=O. The second kappa shape index (κ2) is 6.66. The Morgan fingerprint density at radius 3 is 2.96 bits per heavy atom. The van der Waals surface area contributed by atoms with E-state index in [2.05, 4.69) is 10.3 Å². The Labute approximate surface area is 152 Å². The average Bonchev–Trinajstić information content (AvgIpc) is 3.20. The largest absolute Gasteiger partial charge is 0.360 e. The second-order valence-corrected chi connectivity index (χ2v) is 7.71. The molecule has 0 bridgehead atoms. The minimum atomic E-state index is -1.24. The van der Waals surface area contributed by atoms with E-state index in [-0.39, 0.29) is 11.7 Å². The van der Waals surface area contributed by atoms with E-state index in [4.69, 9.17) is 0 Å². The molecule has 0 radical (unpaired) electrons.